The van der Waals surface area contributed by atoms with Gasteiger partial charge in [-0.05, 0) is 38.0 Å². The topological polar surface area (TPSA) is 37.3 Å². The molecule has 1 fully saturated rings. The Bertz CT molecular complexity index is 232. The van der Waals surface area contributed by atoms with Crippen molar-refractivity contribution in [3.8, 4) is 0 Å². The first-order valence-electron chi connectivity index (χ1n) is 5.44. The lowest BCUT2D eigenvalue weighted by molar-refractivity contribution is -0.145. The van der Waals surface area contributed by atoms with E-state index < -0.39 is 5.97 Å². The largest absolute Gasteiger partial charge is 0.481 e. The van der Waals surface area contributed by atoms with Crippen LogP contribution in [0.15, 0.2) is 12.2 Å². The molecule has 0 radical (unpaired) electrons. The maximum absolute atomic E-state index is 11.1. The van der Waals surface area contributed by atoms with Gasteiger partial charge >= 0.3 is 5.97 Å². The maximum Gasteiger partial charge on any atom is 0.307 e. The number of hydrogen-bond donors (Lipinski definition) is 1. The SMILES string of the molecule is C=C(C)C1CCC(CC)CC1C(=O)O. The molecule has 0 aromatic rings. The molecule has 0 bridgehead atoms. The zero-order valence-electron chi connectivity index (χ0n) is 9.12. The van der Waals surface area contributed by atoms with Crippen molar-refractivity contribution in [1.82, 2.24) is 0 Å². The van der Waals surface area contributed by atoms with Gasteiger partial charge in [0.15, 0.2) is 0 Å². The number of carboxylic acid groups (broad SMARTS) is 1. The summed E-state index contributed by atoms with van der Waals surface area (Å²) in [5.74, 6) is -0.0238. The van der Waals surface area contributed by atoms with Crippen molar-refractivity contribution in [3.63, 3.8) is 0 Å². The van der Waals surface area contributed by atoms with Crippen LogP contribution in [0.25, 0.3) is 0 Å². The molecule has 1 aliphatic carbocycles. The van der Waals surface area contributed by atoms with Crippen molar-refractivity contribution < 1.29 is 9.90 Å². The van der Waals surface area contributed by atoms with Crippen molar-refractivity contribution in [3.05, 3.63) is 12.2 Å². The molecule has 0 saturated heterocycles. The van der Waals surface area contributed by atoms with Gasteiger partial charge in [-0.15, -0.1) is 0 Å². The van der Waals surface area contributed by atoms with Crippen LogP contribution < -0.4 is 0 Å². The second-order valence-electron chi connectivity index (χ2n) is 4.48. The van der Waals surface area contributed by atoms with Gasteiger partial charge in [0.25, 0.3) is 0 Å². The number of carboxylic acids is 1. The summed E-state index contributed by atoms with van der Waals surface area (Å²) in [5, 5.41) is 9.13. The van der Waals surface area contributed by atoms with E-state index in [1.807, 2.05) is 6.92 Å². The van der Waals surface area contributed by atoms with Gasteiger partial charge in [0.2, 0.25) is 0 Å². The summed E-state index contributed by atoms with van der Waals surface area (Å²) >= 11 is 0. The van der Waals surface area contributed by atoms with E-state index in [4.69, 9.17) is 5.11 Å². The monoisotopic (exact) mass is 196 g/mol. The van der Waals surface area contributed by atoms with Gasteiger partial charge in [0, 0.05) is 0 Å². The van der Waals surface area contributed by atoms with Crippen LogP contribution >= 0.6 is 0 Å². The zero-order chi connectivity index (χ0) is 10.7. The number of allylic oxidation sites excluding steroid dienone is 1. The van der Waals surface area contributed by atoms with E-state index in [0.29, 0.717) is 5.92 Å². The Hall–Kier alpha value is -0.790. The minimum absolute atomic E-state index is 0.189. The Balaban J connectivity index is 2.70. The summed E-state index contributed by atoms with van der Waals surface area (Å²) in [5.41, 5.74) is 1.03. The van der Waals surface area contributed by atoms with Gasteiger partial charge in [0.05, 0.1) is 5.92 Å². The Morgan fingerprint density at radius 3 is 2.50 bits per heavy atom. The number of rotatable bonds is 3. The molecule has 14 heavy (non-hydrogen) atoms. The standard InChI is InChI=1S/C12H20O2/c1-4-9-5-6-10(8(2)3)11(7-9)12(13)14/h9-11H,2,4-7H2,1,3H3,(H,13,14). The van der Waals surface area contributed by atoms with Crippen molar-refractivity contribution in [2.75, 3.05) is 0 Å². The average molecular weight is 196 g/mol. The lowest BCUT2D eigenvalue weighted by atomic mass is 9.71. The molecule has 2 heteroatoms. The summed E-state index contributed by atoms with van der Waals surface area (Å²) < 4.78 is 0. The fourth-order valence-corrected chi connectivity index (χ4v) is 2.49. The van der Waals surface area contributed by atoms with E-state index in [1.54, 1.807) is 0 Å². The molecule has 0 amide bonds. The van der Waals surface area contributed by atoms with Crippen LogP contribution in [0.1, 0.15) is 39.5 Å². The summed E-state index contributed by atoms with van der Waals surface area (Å²) in [7, 11) is 0. The van der Waals surface area contributed by atoms with E-state index in [1.165, 1.54) is 0 Å². The molecule has 1 saturated carbocycles. The van der Waals surface area contributed by atoms with Crippen LogP contribution in [-0.2, 0) is 4.79 Å². The predicted octanol–water partition coefficient (Wildman–Crippen LogP) is 3.09. The first-order valence-corrected chi connectivity index (χ1v) is 5.44. The molecule has 1 rings (SSSR count). The minimum Gasteiger partial charge on any atom is -0.481 e. The lowest BCUT2D eigenvalue weighted by Gasteiger charge is -2.33. The molecule has 0 aromatic carbocycles. The third kappa shape index (κ3) is 2.37. The number of hydrogen-bond acceptors (Lipinski definition) is 1. The Morgan fingerprint density at radius 2 is 2.07 bits per heavy atom. The van der Waals surface area contributed by atoms with Crippen molar-refractivity contribution in [1.29, 1.82) is 0 Å². The average Bonchev–Trinajstić information content (AvgIpc) is 2.16. The van der Waals surface area contributed by atoms with Crippen LogP contribution in [-0.4, -0.2) is 11.1 Å². The first kappa shape index (κ1) is 11.3. The minimum atomic E-state index is -0.642. The molecule has 1 N–H and O–H groups in total. The zero-order valence-corrected chi connectivity index (χ0v) is 9.12. The summed E-state index contributed by atoms with van der Waals surface area (Å²) in [6.07, 6.45) is 4.11. The van der Waals surface area contributed by atoms with Crippen LogP contribution in [0.5, 0.6) is 0 Å². The Morgan fingerprint density at radius 1 is 1.43 bits per heavy atom. The van der Waals surface area contributed by atoms with Crippen molar-refractivity contribution >= 4 is 5.97 Å². The maximum atomic E-state index is 11.1. The number of carbonyl (C=O) groups is 1. The molecule has 2 nitrogen and oxygen atoms in total. The van der Waals surface area contributed by atoms with Crippen molar-refractivity contribution in [2.24, 2.45) is 17.8 Å². The van der Waals surface area contributed by atoms with Crippen molar-refractivity contribution in [2.45, 2.75) is 39.5 Å². The molecular formula is C12H20O2. The van der Waals surface area contributed by atoms with E-state index in [9.17, 15) is 4.79 Å². The van der Waals surface area contributed by atoms with Crippen LogP contribution in [0.4, 0.5) is 0 Å². The first-order chi connectivity index (χ1) is 6.56. The summed E-state index contributed by atoms with van der Waals surface area (Å²) in [6, 6.07) is 0. The van der Waals surface area contributed by atoms with Gasteiger partial charge in [-0.25, -0.2) is 0 Å². The Kier molecular flexibility index (Phi) is 3.73. The van der Waals surface area contributed by atoms with E-state index in [-0.39, 0.29) is 11.8 Å². The molecule has 0 spiro atoms. The van der Waals surface area contributed by atoms with Gasteiger partial charge in [-0.2, -0.15) is 0 Å². The summed E-state index contributed by atoms with van der Waals surface area (Å²) in [6.45, 7) is 7.99. The number of aliphatic carboxylic acids is 1. The van der Waals surface area contributed by atoms with Crippen LogP contribution in [0.3, 0.4) is 0 Å². The molecule has 0 heterocycles. The quantitative estimate of drug-likeness (QED) is 0.704. The molecule has 0 aromatic heterocycles. The molecule has 0 aliphatic heterocycles. The molecule has 1 aliphatic rings. The molecule has 80 valence electrons. The van der Waals surface area contributed by atoms with Gasteiger partial charge in [-0.1, -0.05) is 25.5 Å². The highest BCUT2D eigenvalue weighted by molar-refractivity contribution is 5.71. The highest BCUT2D eigenvalue weighted by atomic mass is 16.4. The third-order valence-electron chi connectivity index (χ3n) is 3.49. The van der Waals surface area contributed by atoms with Crippen LogP contribution in [0, 0.1) is 17.8 Å². The lowest BCUT2D eigenvalue weighted by Crippen LogP contribution is -2.31. The van der Waals surface area contributed by atoms with E-state index in [2.05, 4.69) is 13.5 Å². The van der Waals surface area contributed by atoms with E-state index >= 15 is 0 Å². The molecule has 3 unspecified atom stereocenters. The highest BCUT2D eigenvalue weighted by Crippen LogP contribution is 2.38. The smallest absolute Gasteiger partial charge is 0.307 e. The molecular weight excluding hydrogens is 176 g/mol. The normalized spacial score (nSPS) is 32.6. The second kappa shape index (κ2) is 4.63. The second-order valence-corrected chi connectivity index (χ2v) is 4.48. The third-order valence-corrected chi connectivity index (χ3v) is 3.49. The van der Waals surface area contributed by atoms with Gasteiger partial charge < -0.3 is 5.11 Å². The highest BCUT2D eigenvalue weighted by Gasteiger charge is 2.34. The van der Waals surface area contributed by atoms with E-state index in [0.717, 1.165) is 31.3 Å². The van der Waals surface area contributed by atoms with Crippen LogP contribution in [0.2, 0.25) is 0 Å². The Labute approximate surface area is 86.0 Å². The molecule has 3 atom stereocenters. The fourth-order valence-electron chi connectivity index (χ4n) is 2.49. The fraction of sp³-hybridized carbons (Fsp3) is 0.750. The van der Waals surface area contributed by atoms with Gasteiger partial charge in [0.1, 0.15) is 0 Å². The predicted molar refractivity (Wildman–Crippen MR) is 57.1 cm³/mol. The summed E-state index contributed by atoms with van der Waals surface area (Å²) in [4.78, 5) is 11.1. The van der Waals surface area contributed by atoms with Gasteiger partial charge in [-0.3, -0.25) is 4.79 Å².